The number of halogens is 2. The summed E-state index contributed by atoms with van der Waals surface area (Å²) in [6.45, 7) is 2.75. The summed E-state index contributed by atoms with van der Waals surface area (Å²) in [5, 5.41) is 2.55. The van der Waals surface area contributed by atoms with Gasteiger partial charge in [0.05, 0.1) is 16.9 Å². The Kier molecular flexibility index (Phi) is 5.37. The van der Waals surface area contributed by atoms with Crippen molar-refractivity contribution in [1.82, 2.24) is 4.98 Å². The summed E-state index contributed by atoms with van der Waals surface area (Å²) in [7, 11) is 0. The van der Waals surface area contributed by atoms with Gasteiger partial charge in [-0.1, -0.05) is 24.3 Å². The highest BCUT2D eigenvalue weighted by molar-refractivity contribution is 6.04. The highest BCUT2D eigenvalue weighted by atomic mass is 19.1. The van der Waals surface area contributed by atoms with Gasteiger partial charge < -0.3 is 15.1 Å². The first kappa shape index (κ1) is 18.9. The number of aromatic nitrogens is 1. The molecule has 0 unspecified atom stereocenters. The molecule has 7 heteroatoms. The Bertz CT molecular complexity index is 1000. The molecule has 1 fully saturated rings. The maximum atomic E-state index is 14.0. The predicted octanol–water partition coefficient (Wildman–Crippen LogP) is 3.94. The topological polar surface area (TPSA) is 48.5 Å². The van der Waals surface area contributed by atoms with Gasteiger partial charge in [-0.2, -0.15) is 0 Å². The number of benzene rings is 2. The summed E-state index contributed by atoms with van der Waals surface area (Å²) in [6, 6.07) is 16.2. The van der Waals surface area contributed by atoms with Crippen molar-refractivity contribution in [3.8, 4) is 0 Å². The smallest absolute Gasteiger partial charge is 0.257 e. The molecule has 3 aromatic rings. The highest BCUT2D eigenvalue weighted by Gasteiger charge is 2.20. The minimum atomic E-state index is -0.488. The Morgan fingerprint density at radius 2 is 1.48 bits per heavy atom. The second-order valence-corrected chi connectivity index (χ2v) is 6.76. The number of carbonyl (C=O) groups excluding carboxylic acids is 1. The van der Waals surface area contributed by atoms with Crippen LogP contribution in [0, 0.1) is 11.6 Å². The van der Waals surface area contributed by atoms with Crippen LogP contribution >= 0.6 is 0 Å². The molecular weight excluding hydrogens is 374 g/mol. The zero-order valence-electron chi connectivity index (χ0n) is 15.7. The van der Waals surface area contributed by atoms with Gasteiger partial charge in [0, 0.05) is 32.4 Å². The first-order valence-corrected chi connectivity index (χ1v) is 9.38. The van der Waals surface area contributed by atoms with E-state index in [4.69, 9.17) is 0 Å². The maximum absolute atomic E-state index is 14.0. The van der Waals surface area contributed by atoms with Crippen LogP contribution in [0.1, 0.15) is 10.4 Å². The molecule has 1 aliphatic heterocycles. The summed E-state index contributed by atoms with van der Waals surface area (Å²) in [5.74, 6) is -0.374. The number of nitrogens with one attached hydrogen (secondary N) is 1. The summed E-state index contributed by atoms with van der Waals surface area (Å²) >= 11 is 0. The molecule has 0 atom stereocenters. The standard InChI is InChI=1S/C22H20F2N4O/c23-17-5-1-3-7-19(17)26-22(29)16-9-10-21(25-15-16)28-13-11-27(12-14-28)20-8-4-2-6-18(20)24/h1-10,15H,11-14H2,(H,26,29). The van der Waals surface area contributed by atoms with E-state index in [0.717, 1.165) is 5.82 Å². The quantitative estimate of drug-likeness (QED) is 0.728. The molecule has 0 aliphatic carbocycles. The number of anilines is 3. The van der Waals surface area contributed by atoms with Crippen LogP contribution < -0.4 is 15.1 Å². The minimum absolute atomic E-state index is 0.130. The number of carbonyl (C=O) groups is 1. The third-order valence-corrected chi connectivity index (χ3v) is 4.93. The lowest BCUT2D eigenvalue weighted by Gasteiger charge is -2.36. The van der Waals surface area contributed by atoms with E-state index in [2.05, 4.69) is 15.2 Å². The molecule has 5 nitrogen and oxygen atoms in total. The van der Waals surface area contributed by atoms with E-state index in [9.17, 15) is 13.6 Å². The molecule has 1 N–H and O–H groups in total. The highest BCUT2D eigenvalue weighted by Crippen LogP contribution is 2.22. The average molecular weight is 394 g/mol. The van der Waals surface area contributed by atoms with Gasteiger partial charge in [-0.15, -0.1) is 0 Å². The zero-order chi connectivity index (χ0) is 20.2. The Morgan fingerprint density at radius 1 is 0.828 bits per heavy atom. The van der Waals surface area contributed by atoms with E-state index in [-0.39, 0.29) is 11.5 Å². The lowest BCUT2D eigenvalue weighted by atomic mass is 10.2. The minimum Gasteiger partial charge on any atom is -0.366 e. The molecule has 1 aliphatic rings. The van der Waals surface area contributed by atoms with Gasteiger partial charge in [0.15, 0.2) is 0 Å². The fraction of sp³-hybridized carbons (Fsp3) is 0.182. The zero-order valence-corrected chi connectivity index (χ0v) is 15.7. The van der Waals surface area contributed by atoms with E-state index in [1.165, 1.54) is 24.4 Å². The largest absolute Gasteiger partial charge is 0.366 e. The second-order valence-electron chi connectivity index (χ2n) is 6.76. The van der Waals surface area contributed by atoms with Crippen molar-refractivity contribution >= 4 is 23.1 Å². The van der Waals surface area contributed by atoms with Gasteiger partial charge in [-0.3, -0.25) is 4.79 Å². The number of piperazine rings is 1. The van der Waals surface area contributed by atoms with Crippen LogP contribution in [0.4, 0.5) is 26.0 Å². The second kappa shape index (κ2) is 8.26. The SMILES string of the molecule is O=C(Nc1ccccc1F)c1ccc(N2CCN(c3ccccc3F)CC2)nc1. The van der Waals surface area contributed by atoms with Gasteiger partial charge >= 0.3 is 0 Å². The maximum Gasteiger partial charge on any atom is 0.257 e. The first-order valence-electron chi connectivity index (χ1n) is 9.38. The van der Waals surface area contributed by atoms with E-state index >= 15 is 0 Å². The molecule has 29 heavy (non-hydrogen) atoms. The number of hydrogen-bond acceptors (Lipinski definition) is 4. The summed E-state index contributed by atoms with van der Waals surface area (Å²) in [5.41, 5.74) is 1.09. The van der Waals surface area contributed by atoms with Crippen molar-refractivity contribution in [3.05, 3.63) is 84.1 Å². The third kappa shape index (κ3) is 4.18. The van der Waals surface area contributed by atoms with E-state index in [0.29, 0.717) is 37.4 Å². The van der Waals surface area contributed by atoms with E-state index in [1.807, 2.05) is 11.0 Å². The Balaban J connectivity index is 1.38. The van der Waals surface area contributed by atoms with Crippen LogP contribution in [-0.2, 0) is 0 Å². The molecule has 0 spiro atoms. The van der Waals surface area contributed by atoms with Crippen molar-refractivity contribution in [1.29, 1.82) is 0 Å². The predicted molar refractivity (Wildman–Crippen MR) is 109 cm³/mol. The monoisotopic (exact) mass is 394 g/mol. The molecule has 1 aromatic heterocycles. The van der Waals surface area contributed by atoms with Crippen molar-refractivity contribution in [2.75, 3.05) is 41.3 Å². The van der Waals surface area contributed by atoms with Crippen LogP contribution in [0.25, 0.3) is 0 Å². The third-order valence-electron chi connectivity index (χ3n) is 4.93. The molecule has 1 amide bonds. The van der Waals surface area contributed by atoms with Crippen molar-refractivity contribution in [3.63, 3.8) is 0 Å². The molecule has 0 bridgehead atoms. The number of nitrogens with zero attached hydrogens (tertiary/aromatic N) is 3. The van der Waals surface area contributed by atoms with Crippen molar-refractivity contribution in [2.45, 2.75) is 0 Å². The molecule has 148 valence electrons. The number of para-hydroxylation sites is 2. The number of amides is 1. The van der Waals surface area contributed by atoms with Crippen molar-refractivity contribution < 1.29 is 13.6 Å². The van der Waals surface area contributed by atoms with Crippen molar-refractivity contribution in [2.24, 2.45) is 0 Å². The first-order chi connectivity index (χ1) is 14.1. The van der Waals surface area contributed by atoms with Crippen LogP contribution in [0.3, 0.4) is 0 Å². The number of rotatable bonds is 4. The fourth-order valence-electron chi connectivity index (χ4n) is 3.35. The normalized spacial score (nSPS) is 14.0. The van der Waals surface area contributed by atoms with Gasteiger partial charge in [0.1, 0.15) is 17.5 Å². The molecule has 1 saturated heterocycles. The molecular formula is C22H20F2N4O. The number of hydrogen-bond donors (Lipinski definition) is 1. The lowest BCUT2D eigenvalue weighted by molar-refractivity contribution is 0.102. The van der Waals surface area contributed by atoms with Gasteiger partial charge in [-0.25, -0.2) is 13.8 Å². The lowest BCUT2D eigenvalue weighted by Crippen LogP contribution is -2.47. The van der Waals surface area contributed by atoms with Gasteiger partial charge in [0.2, 0.25) is 0 Å². The van der Waals surface area contributed by atoms with Crippen LogP contribution in [0.5, 0.6) is 0 Å². The summed E-state index contributed by atoms with van der Waals surface area (Å²) in [4.78, 5) is 20.8. The van der Waals surface area contributed by atoms with Gasteiger partial charge in [-0.05, 0) is 36.4 Å². The van der Waals surface area contributed by atoms with E-state index in [1.54, 1.807) is 36.4 Å². The Hall–Kier alpha value is -3.48. The Morgan fingerprint density at radius 3 is 2.14 bits per heavy atom. The molecule has 2 heterocycles. The van der Waals surface area contributed by atoms with E-state index < -0.39 is 11.7 Å². The molecule has 2 aromatic carbocycles. The molecule has 0 saturated carbocycles. The Labute approximate surface area is 167 Å². The fourth-order valence-corrected chi connectivity index (χ4v) is 3.35. The molecule has 0 radical (unpaired) electrons. The van der Waals surface area contributed by atoms with Gasteiger partial charge in [0.25, 0.3) is 5.91 Å². The summed E-state index contributed by atoms with van der Waals surface area (Å²) < 4.78 is 27.7. The average Bonchev–Trinajstić information content (AvgIpc) is 2.76. The van der Waals surface area contributed by atoms with Crippen LogP contribution in [0.15, 0.2) is 66.9 Å². The number of pyridine rings is 1. The molecule has 4 rings (SSSR count). The van der Waals surface area contributed by atoms with Crippen LogP contribution in [-0.4, -0.2) is 37.1 Å². The summed E-state index contributed by atoms with van der Waals surface area (Å²) in [6.07, 6.45) is 1.48. The van der Waals surface area contributed by atoms with Crippen LogP contribution in [0.2, 0.25) is 0 Å².